The van der Waals surface area contributed by atoms with E-state index in [4.69, 9.17) is 26.6 Å². The number of aromatic nitrogens is 3. The summed E-state index contributed by atoms with van der Waals surface area (Å²) in [6.45, 7) is 0. The van der Waals surface area contributed by atoms with Crippen molar-refractivity contribution >= 4 is 11.6 Å². The summed E-state index contributed by atoms with van der Waals surface area (Å²) in [6.07, 6.45) is 6.14. The molecule has 0 amide bonds. The lowest BCUT2D eigenvalue weighted by Gasteiger charge is -2.36. The van der Waals surface area contributed by atoms with E-state index in [1.807, 2.05) is 66.7 Å². The molecule has 0 N–H and O–H groups in total. The van der Waals surface area contributed by atoms with Crippen molar-refractivity contribution in [2.45, 2.75) is 37.5 Å². The smallest absolute Gasteiger partial charge is 0.164 e. The molecule has 0 atom stereocenters. The molecule has 8 rings (SSSR count). The Morgan fingerprint density at radius 1 is 0.442 bits per heavy atom. The van der Waals surface area contributed by atoms with Crippen LogP contribution in [0, 0.1) is 0 Å². The van der Waals surface area contributed by atoms with Crippen LogP contribution in [-0.4, -0.2) is 15.0 Å². The Kier molecular flexibility index (Phi) is 6.42. The second-order valence-corrected chi connectivity index (χ2v) is 12.1. The summed E-state index contributed by atoms with van der Waals surface area (Å²) < 4.78 is 0. The molecule has 0 saturated heterocycles. The van der Waals surface area contributed by atoms with E-state index in [0.717, 1.165) is 27.3 Å². The summed E-state index contributed by atoms with van der Waals surface area (Å²) in [5.41, 5.74) is 10.9. The van der Waals surface area contributed by atoms with E-state index in [2.05, 4.69) is 54.6 Å². The molecule has 1 saturated carbocycles. The van der Waals surface area contributed by atoms with Crippen molar-refractivity contribution in [3.8, 4) is 56.4 Å². The van der Waals surface area contributed by atoms with Crippen LogP contribution in [0.1, 0.15) is 43.2 Å². The molecule has 5 aromatic carbocycles. The second kappa shape index (κ2) is 10.6. The van der Waals surface area contributed by atoms with E-state index >= 15 is 0 Å². The predicted octanol–water partition coefficient (Wildman–Crippen LogP) is 10.4. The van der Waals surface area contributed by atoms with Gasteiger partial charge in [-0.15, -0.1) is 0 Å². The molecule has 0 radical (unpaired) electrons. The summed E-state index contributed by atoms with van der Waals surface area (Å²) in [7, 11) is 0. The molecule has 0 aliphatic heterocycles. The molecular formula is C39H30ClN3. The first-order chi connectivity index (χ1) is 21.2. The zero-order chi connectivity index (χ0) is 28.8. The number of halogens is 1. The average Bonchev–Trinajstić information content (AvgIpc) is 3.33. The number of hydrogen-bond acceptors (Lipinski definition) is 3. The number of fused-ring (bicyclic) bond motifs is 5. The first-order valence-electron chi connectivity index (χ1n) is 15.1. The SMILES string of the molecule is Clc1ccc2c(c1)C1(CCCCC1)c1cc(-c3cccc(-c4nc(-c5ccccc5)nc(-c5ccccc5)n4)c3)ccc1-2. The fourth-order valence-corrected chi connectivity index (χ4v) is 7.29. The van der Waals surface area contributed by atoms with Crippen LogP contribution < -0.4 is 0 Å². The fourth-order valence-electron chi connectivity index (χ4n) is 7.12. The maximum absolute atomic E-state index is 6.56. The van der Waals surface area contributed by atoms with Crippen molar-refractivity contribution in [2.75, 3.05) is 0 Å². The minimum Gasteiger partial charge on any atom is -0.208 e. The summed E-state index contributed by atoms with van der Waals surface area (Å²) in [4.78, 5) is 14.8. The second-order valence-electron chi connectivity index (χ2n) is 11.7. The van der Waals surface area contributed by atoms with Crippen molar-refractivity contribution in [3.05, 3.63) is 137 Å². The lowest BCUT2D eigenvalue weighted by atomic mass is 9.67. The third-order valence-corrected chi connectivity index (χ3v) is 9.42. The van der Waals surface area contributed by atoms with Crippen molar-refractivity contribution < 1.29 is 0 Å². The van der Waals surface area contributed by atoms with Gasteiger partial charge in [0.15, 0.2) is 17.5 Å². The van der Waals surface area contributed by atoms with Crippen molar-refractivity contribution in [1.29, 1.82) is 0 Å². The van der Waals surface area contributed by atoms with Crippen LogP contribution in [-0.2, 0) is 5.41 Å². The van der Waals surface area contributed by atoms with Crippen LogP contribution in [0.25, 0.3) is 56.4 Å². The maximum Gasteiger partial charge on any atom is 0.164 e. The first-order valence-corrected chi connectivity index (χ1v) is 15.5. The van der Waals surface area contributed by atoms with Crippen LogP contribution >= 0.6 is 11.6 Å². The molecule has 43 heavy (non-hydrogen) atoms. The van der Waals surface area contributed by atoms with Crippen molar-refractivity contribution in [3.63, 3.8) is 0 Å². The van der Waals surface area contributed by atoms with Gasteiger partial charge < -0.3 is 0 Å². The van der Waals surface area contributed by atoms with E-state index < -0.39 is 0 Å². The normalized spacial score (nSPS) is 14.8. The lowest BCUT2D eigenvalue weighted by Crippen LogP contribution is -2.28. The van der Waals surface area contributed by atoms with Crippen LogP contribution in [0.4, 0.5) is 0 Å². The summed E-state index contributed by atoms with van der Waals surface area (Å²) >= 11 is 6.56. The number of benzene rings is 5. The van der Waals surface area contributed by atoms with Gasteiger partial charge in [-0.1, -0.05) is 128 Å². The lowest BCUT2D eigenvalue weighted by molar-refractivity contribution is 0.353. The van der Waals surface area contributed by atoms with Crippen LogP contribution in [0.3, 0.4) is 0 Å². The highest BCUT2D eigenvalue weighted by atomic mass is 35.5. The number of nitrogens with zero attached hydrogens (tertiary/aromatic N) is 3. The van der Waals surface area contributed by atoms with Gasteiger partial charge in [0.1, 0.15) is 0 Å². The van der Waals surface area contributed by atoms with Gasteiger partial charge in [-0.3, -0.25) is 0 Å². The third kappa shape index (κ3) is 4.56. The molecular weight excluding hydrogens is 546 g/mol. The van der Waals surface area contributed by atoms with Crippen LogP contribution in [0.5, 0.6) is 0 Å². The summed E-state index contributed by atoms with van der Waals surface area (Å²) in [5.74, 6) is 2.01. The molecule has 1 aromatic heterocycles. The topological polar surface area (TPSA) is 38.7 Å². The van der Waals surface area contributed by atoms with Gasteiger partial charge in [-0.05, 0) is 70.5 Å². The zero-order valence-corrected chi connectivity index (χ0v) is 24.6. The highest BCUT2D eigenvalue weighted by Crippen LogP contribution is 2.56. The number of hydrogen-bond donors (Lipinski definition) is 0. The van der Waals surface area contributed by atoms with Crippen LogP contribution in [0.2, 0.25) is 5.02 Å². The highest BCUT2D eigenvalue weighted by molar-refractivity contribution is 6.30. The van der Waals surface area contributed by atoms with Gasteiger partial charge in [-0.25, -0.2) is 15.0 Å². The molecule has 3 nitrogen and oxygen atoms in total. The Morgan fingerprint density at radius 3 is 1.60 bits per heavy atom. The van der Waals surface area contributed by atoms with Gasteiger partial charge >= 0.3 is 0 Å². The Bertz CT molecular complexity index is 1900. The molecule has 0 bridgehead atoms. The largest absolute Gasteiger partial charge is 0.208 e. The minimum atomic E-state index is 0.0464. The quantitative estimate of drug-likeness (QED) is 0.210. The Balaban J connectivity index is 1.24. The van der Waals surface area contributed by atoms with Gasteiger partial charge in [0.2, 0.25) is 0 Å². The van der Waals surface area contributed by atoms with Gasteiger partial charge in [0.25, 0.3) is 0 Å². The highest BCUT2D eigenvalue weighted by Gasteiger charge is 2.43. The molecule has 2 aliphatic rings. The third-order valence-electron chi connectivity index (χ3n) is 9.18. The van der Waals surface area contributed by atoms with E-state index in [1.165, 1.54) is 59.9 Å². The summed E-state index contributed by atoms with van der Waals surface area (Å²) in [6, 6.07) is 42.3. The van der Waals surface area contributed by atoms with E-state index in [1.54, 1.807) is 0 Å². The average molecular weight is 576 g/mol. The molecule has 2 aliphatic carbocycles. The Morgan fingerprint density at radius 2 is 0.953 bits per heavy atom. The van der Waals surface area contributed by atoms with Gasteiger partial charge in [0, 0.05) is 27.1 Å². The molecule has 6 aromatic rings. The predicted molar refractivity (Wildman–Crippen MR) is 176 cm³/mol. The molecule has 1 fully saturated rings. The van der Waals surface area contributed by atoms with E-state index in [0.29, 0.717) is 17.5 Å². The Hall–Kier alpha value is -4.60. The first kappa shape index (κ1) is 26.1. The fraction of sp³-hybridized carbons (Fsp3) is 0.154. The van der Waals surface area contributed by atoms with E-state index in [9.17, 15) is 0 Å². The van der Waals surface area contributed by atoms with Crippen molar-refractivity contribution in [2.24, 2.45) is 0 Å². The molecule has 1 heterocycles. The van der Waals surface area contributed by atoms with Crippen LogP contribution in [0.15, 0.2) is 121 Å². The standard InChI is InChI=1S/C39H30ClN3/c40-31-18-20-33-32-19-17-29(24-34(32)39(35(33)25-31)21-8-3-9-22-39)28-15-10-16-30(23-28)38-42-36(26-11-4-1-5-12-26)41-37(43-38)27-13-6-2-7-14-27/h1-2,4-7,10-20,23-25H,3,8-9,21-22H2. The van der Waals surface area contributed by atoms with E-state index in [-0.39, 0.29) is 5.41 Å². The van der Waals surface area contributed by atoms with Gasteiger partial charge in [0.05, 0.1) is 0 Å². The van der Waals surface area contributed by atoms with Crippen molar-refractivity contribution in [1.82, 2.24) is 15.0 Å². The number of rotatable bonds is 4. The molecule has 0 unspecified atom stereocenters. The molecule has 1 spiro atoms. The molecule has 4 heteroatoms. The van der Waals surface area contributed by atoms with Gasteiger partial charge in [-0.2, -0.15) is 0 Å². The molecule has 208 valence electrons. The maximum atomic E-state index is 6.56. The summed E-state index contributed by atoms with van der Waals surface area (Å²) in [5, 5.41) is 0.825. The zero-order valence-electron chi connectivity index (χ0n) is 23.8. The Labute approximate surface area is 257 Å². The monoisotopic (exact) mass is 575 g/mol. The minimum absolute atomic E-state index is 0.0464.